The fourth-order valence-corrected chi connectivity index (χ4v) is 4.39. The molecule has 0 spiro atoms. The summed E-state index contributed by atoms with van der Waals surface area (Å²) in [6.45, 7) is 3.96. The van der Waals surface area contributed by atoms with E-state index < -0.39 is 5.63 Å². The number of nitrogens with one attached hydrogen (secondary N) is 2. The molecule has 0 aliphatic carbocycles. The SMILES string of the molecule is C[C@H]1CCCC[NH+]1Cc1c(O)ccc2cc(-c3nc4ccccc4[nH]3)c(=O)oc12. The summed E-state index contributed by atoms with van der Waals surface area (Å²) >= 11 is 0. The number of para-hydroxylation sites is 2. The van der Waals surface area contributed by atoms with Crippen molar-refractivity contribution in [1.82, 2.24) is 9.97 Å². The predicted octanol–water partition coefficient (Wildman–Crippen LogP) is 3.00. The van der Waals surface area contributed by atoms with Gasteiger partial charge in [-0.25, -0.2) is 9.78 Å². The molecule has 2 aromatic carbocycles. The van der Waals surface area contributed by atoms with E-state index in [1.54, 1.807) is 18.2 Å². The minimum absolute atomic E-state index is 0.183. The lowest BCUT2D eigenvalue weighted by Gasteiger charge is -2.30. The molecule has 6 nitrogen and oxygen atoms in total. The fourth-order valence-electron chi connectivity index (χ4n) is 4.39. The normalized spacial score (nSPS) is 19.8. The third-order valence-electron chi connectivity index (χ3n) is 6.11. The van der Waals surface area contributed by atoms with Crippen LogP contribution in [0.15, 0.2) is 51.7 Å². The Balaban J connectivity index is 1.60. The van der Waals surface area contributed by atoms with E-state index in [0.717, 1.165) is 23.0 Å². The highest BCUT2D eigenvalue weighted by atomic mass is 16.4. The number of imidazole rings is 1. The highest BCUT2D eigenvalue weighted by molar-refractivity contribution is 5.86. The van der Waals surface area contributed by atoms with Gasteiger partial charge in [-0.15, -0.1) is 0 Å². The number of quaternary nitrogens is 1. The molecule has 2 aromatic heterocycles. The van der Waals surface area contributed by atoms with Crippen LogP contribution in [0.1, 0.15) is 31.7 Å². The Hall–Kier alpha value is -3.12. The van der Waals surface area contributed by atoms with Crippen molar-refractivity contribution in [3.8, 4) is 17.1 Å². The first-order valence-electron chi connectivity index (χ1n) is 10.2. The van der Waals surface area contributed by atoms with Gasteiger partial charge in [0.15, 0.2) is 5.58 Å². The minimum atomic E-state index is -0.454. The Labute approximate surface area is 167 Å². The van der Waals surface area contributed by atoms with Gasteiger partial charge in [0.1, 0.15) is 23.7 Å². The van der Waals surface area contributed by atoms with Crippen molar-refractivity contribution in [2.45, 2.75) is 38.8 Å². The molecule has 148 valence electrons. The molecule has 0 amide bonds. The quantitative estimate of drug-likeness (QED) is 0.470. The maximum atomic E-state index is 12.8. The van der Waals surface area contributed by atoms with Gasteiger partial charge in [0.25, 0.3) is 0 Å². The molecule has 0 bridgehead atoms. The number of hydrogen-bond acceptors (Lipinski definition) is 4. The zero-order valence-electron chi connectivity index (χ0n) is 16.4. The van der Waals surface area contributed by atoms with Gasteiger partial charge >= 0.3 is 5.63 Å². The number of aromatic nitrogens is 2. The van der Waals surface area contributed by atoms with Gasteiger partial charge in [-0.2, -0.15) is 0 Å². The second-order valence-electron chi connectivity index (χ2n) is 8.01. The van der Waals surface area contributed by atoms with E-state index >= 15 is 0 Å². The van der Waals surface area contributed by atoms with Crippen molar-refractivity contribution in [3.63, 3.8) is 0 Å². The van der Waals surface area contributed by atoms with Gasteiger partial charge in [0.05, 0.1) is 29.2 Å². The number of likely N-dealkylation sites (tertiary alicyclic amines) is 1. The van der Waals surface area contributed by atoms with Crippen LogP contribution in [-0.2, 0) is 6.54 Å². The number of rotatable bonds is 3. The summed E-state index contributed by atoms with van der Waals surface area (Å²) in [6, 6.07) is 13.5. The first-order chi connectivity index (χ1) is 14.1. The van der Waals surface area contributed by atoms with Crippen LogP contribution in [0.5, 0.6) is 5.75 Å². The van der Waals surface area contributed by atoms with Crippen LogP contribution in [0.3, 0.4) is 0 Å². The first kappa shape index (κ1) is 17.9. The first-order valence-corrected chi connectivity index (χ1v) is 10.2. The number of aromatic amines is 1. The van der Waals surface area contributed by atoms with E-state index in [1.807, 2.05) is 24.3 Å². The van der Waals surface area contributed by atoms with E-state index in [2.05, 4.69) is 16.9 Å². The molecule has 1 unspecified atom stereocenters. The lowest BCUT2D eigenvalue weighted by atomic mass is 10.0. The number of phenolic OH excluding ortho intramolecular Hbond substituents is 1. The maximum absolute atomic E-state index is 12.8. The van der Waals surface area contributed by atoms with Crippen molar-refractivity contribution < 1.29 is 14.4 Å². The summed E-state index contributed by atoms with van der Waals surface area (Å²) < 4.78 is 5.74. The molecular weight excluding hydrogens is 366 g/mol. The lowest BCUT2D eigenvalue weighted by Crippen LogP contribution is -3.14. The predicted molar refractivity (Wildman–Crippen MR) is 112 cm³/mol. The Morgan fingerprint density at radius 3 is 2.93 bits per heavy atom. The molecule has 2 atom stereocenters. The van der Waals surface area contributed by atoms with E-state index in [1.165, 1.54) is 24.2 Å². The Bertz CT molecular complexity index is 1220. The molecule has 1 fully saturated rings. The van der Waals surface area contributed by atoms with Gasteiger partial charge in [-0.1, -0.05) is 12.1 Å². The van der Waals surface area contributed by atoms with Crippen molar-refractivity contribution in [1.29, 1.82) is 0 Å². The smallest absolute Gasteiger partial charge is 0.347 e. The molecule has 5 rings (SSSR count). The average molecular weight is 390 g/mol. The number of fused-ring (bicyclic) bond motifs is 2. The van der Waals surface area contributed by atoms with Crippen molar-refractivity contribution in [2.75, 3.05) is 6.54 Å². The molecule has 3 heterocycles. The van der Waals surface area contributed by atoms with E-state index in [9.17, 15) is 9.90 Å². The fraction of sp³-hybridized carbons (Fsp3) is 0.304. The van der Waals surface area contributed by atoms with Gasteiger partial charge in [-0.05, 0) is 56.5 Å². The zero-order chi connectivity index (χ0) is 20.0. The summed E-state index contributed by atoms with van der Waals surface area (Å²) in [5, 5.41) is 11.3. The molecule has 6 heteroatoms. The average Bonchev–Trinajstić information content (AvgIpc) is 3.15. The summed E-state index contributed by atoms with van der Waals surface area (Å²) in [6.07, 6.45) is 3.62. The van der Waals surface area contributed by atoms with Crippen LogP contribution < -0.4 is 10.5 Å². The number of hydrogen-bond donors (Lipinski definition) is 3. The van der Waals surface area contributed by atoms with Crippen LogP contribution >= 0.6 is 0 Å². The van der Waals surface area contributed by atoms with Crippen molar-refractivity contribution in [3.05, 3.63) is 58.4 Å². The van der Waals surface area contributed by atoms with E-state index in [0.29, 0.717) is 35.1 Å². The number of piperidine rings is 1. The second kappa shape index (κ2) is 7.04. The topological polar surface area (TPSA) is 83.6 Å². The summed E-state index contributed by atoms with van der Waals surface area (Å²) in [5.74, 6) is 0.675. The van der Waals surface area contributed by atoms with Crippen LogP contribution in [0.4, 0.5) is 0 Å². The van der Waals surface area contributed by atoms with Gasteiger partial charge in [-0.3, -0.25) is 0 Å². The van der Waals surface area contributed by atoms with Crippen molar-refractivity contribution in [2.24, 2.45) is 0 Å². The second-order valence-corrected chi connectivity index (χ2v) is 8.01. The van der Waals surface area contributed by atoms with E-state index in [4.69, 9.17) is 4.42 Å². The highest BCUT2D eigenvalue weighted by Crippen LogP contribution is 2.28. The summed E-state index contributed by atoms with van der Waals surface area (Å²) in [4.78, 5) is 22.0. The van der Waals surface area contributed by atoms with Crippen LogP contribution in [0, 0.1) is 0 Å². The summed E-state index contributed by atoms with van der Waals surface area (Å²) in [5.41, 5.74) is 2.79. The summed E-state index contributed by atoms with van der Waals surface area (Å²) in [7, 11) is 0. The molecular formula is C23H24N3O3+. The number of benzene rings is 2. The van der Waals surface area contributed by atoms with Crippen molar-refractivity contribution >= 4 is 22.0 Å². The zero-order valence-corrected chi connectivity index (χ0v) is 16.4. The minimum Gasteiger partial charge on any atom is -0.507 e. The standard InChI is InChI=1S/C23H23N3O3/c1-14-6-4-5-11-26(14)13-17-20(27)10-9-15-12-16(23(28)29-21(15)17)22-24-18-7-2-3-8-19(18)25-22/h2-3,7-10,12,14,27H,4-6,11,13H2,1H3,(H,24,25)/p+1/t14-/m0/s1. The molecule has 0 saturated carbocycles. The number of aromatic hydroxyl groups is 1. The van der Waals surface area contributed by atoms with E-state index in [-0.39, 0.29) is 5.75 Å². The maximum Gasteiger partial charge on any atom is 0.347 e. The Morgan fingerprint density at radius 1 is 1.24 bits per heavy atom. The van der Waals surface area contributed by atoms with Crippen LogP contribution in [0.2, 0.25) is 0 Å². The Morgan fingerprint density at radius 2 is 2.10 bits per heavy atom. The van der Waals surface area contributed by atoms with Gasteiger partial charge in [0.2, 0.25) is 0 Å². The largest absolute Gasteiger partial charge is 0.507 e. The lowest BCUT2D eigenvalue weighted by molar-refractivity contribution is -0.941. The molecule has 1 aliphatic rings. The molecule has 1 aliphatic heterocycles. The highest BCUT2D eigenvalue weighted by Gasteiger charge is 2.25. The number of nitrogens with zero attached hydrogens (tertiary/aromatic N) is 1. The van der Waals surface area contributed by atoms with Gasteiger partial charge < -0.3 is 19.4 Å². The van der Waals surface area contributed by atoms with Gasteiger partial charge in [0, 0.05) is 5.39 Å². The third kappa shape index (κ3) is 3.19. The molecule has 0 radical (unpaired) electrons. The molecule has 4 aromatic rings. The third-order valence-corrected chi connectivity index (χ3v) is 6.11. The Kier molecular flexibility index (Phi) is 4.36. The molecule has 29 heavy (non-hydrogen) atoms. The van der Waals surface area contributed by atoms with Crippen LogP contribution in [-0.4, -0.2) is 27.7 Å². The number of phenols is 1. The van der Waals surface area contributed by atoms with Crippen LogP contribution in [0.25, 0.3) is 33.4 Å². The molecule has 3 N–H and O–H groups in total. The monoisotopic (exact) mass is 390 g/mol. The number of H-pyrrole nitrogens is 1. The molecule has 1 saturated heterocycles.